The van der Waals surface area contributed by atoms with E-state index in [9.17, 15) is 13.6 Å². The summed E-state index contributed by atoms with van der Waals surface area (Å²) in [6, 6.07) is 18.1. The summed E-state index contributed by atoms with van der Waals surface area (Å²) >= 11 is 7.07. The third-order valence-corrected chi connectivity index (χ3v) is 5.45. The summed E-state index contributed by atoms with van der Waals surface area (Å²) in [6.45, 7) is 0.745. The fourth-order valence-electron chi connectivity index (χ4n) is 2.59. The predicted octanol–water partition coefficient (Wildman–Crippen LogP) is 5.75. The van der Waals surface area contributed by atoms with Crippen LogP contribution >= 0.6 is 23.4 Å². The van der Waals surface area contributed by atoms with Crippen molar-refractivity contribution in [2.75, 3.05) is 5.75 Å². The Morgan fingerprint density at radius 1 is 0.967 bits per heavy atom. The minimum Gasteiger partial charge on any atom is -0.489 e. The first-order valence-electron chi connectivity index (χ1n) is 9.24. The van der Waals surface area contributed by atoms with E-state index in [1.165, 1.54) is 30.0 Å². The van der Waals surface area contributed by atoms with E-state index >= 15 is 0 Å². The molecule has 0 aromatic heterocycles. The van der Waals surface area contributed by atoms with Gasteiger partial charge in [-0.3, -0.25) is 4.79 Å². The summed E-state index contributed by atoms with van der Waals surface area (Å²) in [5.41, 5.74) is 2.34. The second kappa shape index (κ2) is 11.0. The molecule has 7 heteroatoms. The second-order valence-corrected chi connectivity index (χ2v) is 7.99. The Kier molecular flexibility index (Phi) is 8.11. The van der Waals surface area contributed by atoms with Gasteiger partial charge in [0.2, 0.25) is 5.91 Å². The Bertz CT molecular complexity index is 981. The quantitative estimate of drug-likeness (QED) is 0.454. The lowest BCUT2D eigenvalue weighted by atomic mass is 10.2. The standard InChI is InChI=1S/C23H20ClF2NO2S/c24-19-6-5-18(22(26)11-19)14-30-15-23(28)27-12-16-3-9-21(10-4-16)29-13-17-1-7-20(25)8-2-17/h1-11H,12-15H2,(H,27,28). The first kappa shape index (κ1) is 22.1. The SMILES string of the molecule is O=C(CSCc1ccc(Cl)cc1F)NCc1ccc(OCc2ccc(F)cc2)cc1. The van der Waals surface area contributed by atoms with Crippen LogP contribution in [0.25, 0.3) is 0 Å². The van der Waals surface area contributed by atoms with Gasteiger partial charge in [-0.2, -0.15) is 0 Å². The summed E-state index contributed by atoms with van der Waals surface area (Å²) in [6.07, 6.45) is 0. The van der Waals surface area contributed by atoms with Crippen molar-refractivity contribution in [2.24, 2.45) is 0 Å². The van der Waals surface area contributed by atoms with E-state index in [4.69, 9.17) is 16.3 Å². The summed E-state index contributed by atoms with van der Waals surface area (Å²) in [5.74, 6) is 0.566. The van der Waals surface area contributed by atoms with Crippen molar-refractivity contribution in [2.45, 2.75) is 18.9 Å². The zero-order valence-electron chi connectivity index (χ0n) is 16.0. The molecule has 0 atom stereocenters. The number of rotatable bonds is 9. The lowest BCUT2D eigenvalue weighted by Gasteiger charge is -2.09. The zero-order valence-corrected chi connectivity index (χ0v) is 17.6. The molecule has 0 unspecified atom stereocenters. The van der Waals surface area contributed by atoms with E-state index in [1.807, 2.05) is 24.3 Å². The average Bonchev–Trinajstić information content (AvgIpc) is 2.74. The van der Waals surface area contributed by atoms with Crippen LogP contribution in [-0.4, -0.2) is 11.7 Å². The molecule has 3 nitrogen and oxygen atoms in total. The van der Waals surface area contributed by atoms with Gasteiger partial charge in [0, 0.05) is 17.3 Å². The number of hydrogen-bond acceptors (Lipinski definition) is 3. The number of ether oxygens (including phenoxy) is 1. The molecule has 0 heterocycles. The third kappa shape index (κ3) is 7.04. The molecule has 1 amide bonds. The molecule has 3 aromatic rings. The van der Waals surface area contributed by atoms with Gasteiger partial charge in [-0.05, 0) is 53.1 Å². The third-order valence-electron chi connectivity index (χ3n) is 4.24. The Hall–Kier alpha value is -2.57. The lowest BCUT2D eigenvalue weighted by Crippen LogP contribution is -2.24. The van der Waals surface area contributed by atoms with Crippen molar-refractivity contribution in [3.05, 3.63) is 100 Å². The van der Waals surface area contributed by atoms with Gasteiger partial charge in [0.25, 0.3) is 0 Å². The average molecular weight is 448 g/mol. The molecular weight excluding hydrogens is 428 g/mol. The smallest absolute Gasteiger partial charge is 0.230 e. The highest BCUT2D eigenvalue weighted by molar-refractivity contribution is 7.99. The van der Waals surface area contributed by atoms with Gasteiger partial charge in [0.1, 0.15) is 24.0 Å². The highest BCUT2D eigenvalue weighted by atomic mass is 35.5. The predicted molar refractivity (Wildman–Crippen MR) is 117 cm³/mol. The molecule has 0 aliphatic heterocycles. The zero-order chi connectivity index (χ0) is 21.3. The molecule has 0 spiro atoms. The van der Waals surface area contributed by atoms with Crippen molar-refractivity contribution in [3.63, 3.8) is 0 Å². The minimum atomic E-state index is -0.364. The van der Waals surface area contributed by atoms with E-state index in [2.05, 4.69) is 5.32 Å². The lowest BCUT2D eigenvalue weighted by molar-refractivity contribution is -0.118. The molecule has 0 aliphatic rings. The van der Waals surface area contributed by atoms with Crippen LogP contribution in [-0.2, 0) is 23.7 Å². The van der Waals surface area contributed by atoms with Crippen molar-refractivity contribution in [1.29, 1.82) is 0 Å². The summed E-state index contributed by atoms with van der Waals surface area (Å²) in [5, 5.41) is 3.19. The van der Waals surface area contributed by atoms with Crippen LogP contribution in [0.3, 0.4) is 0 Å². The highest BCUT2D eigenvalue weighted by Gasteiger charge is 2.06. The maximum Gasteiger partial charge on any atom is 0.230 e. The number of halogens is 3. The fourth-order valence-corrected chi connectivity index (χ4v) is 3.60. The Morgan fingerprint density at radius 3 is 2.37 bits per heavy atom. The molecule has 156 valence electrons. The van der Waals surface area contributed by atoms with Crippen molar-refractivity contribution < 1.29 is 18.3 Å². The molecule has 0 fully saturated rings. The number of carbonyl (C=O) groups is 1. The van der Waals surface area contributed by atoms with Gasteiger partial charge in [-0.1, -0.05) is 41.9 Å². The number of carbonyl (C=O) groups excluding carboxylic acids is 1. The summed E-state index contributed by atoms with van der Waals surface area (Å²) < 4.78 is 32.3. The largest absolute Gasteiger partial charge is 0.489 e. The van der Waals surface area contributed by atoms with Crippen LogP contribution in [0, 0.1) is 11.6 Å². The molecule has 0 radical (unpaired) electrons. The van der Waals surface area contributed by atoms with E-state index in [-0.39, 0.29) is 23.3 Å². The molecule has 0 bridgehead atoms. The molecule has 0 saturated carbocycles. The van der Waals surface area contributed by atoms with Crippen LogP contribution < -0.4 is 10.1 Å². The normalized spacial score (nSPS) is 10.6. The Labute approximate surface area is 183 Å². The first-order valence-corrected chi connectivity index (χ1v) is 10.8. The van der Waals surface area contributed by atoms with E-state index in [0.717, 1.165) is 11.1 Å². The highest BCUT2D eigenvalue weighted by Crippen LogP contribution is 2.19. The Balaban J connectivity index is 1.37. The van der Waals surface area contributed by atoms with Crippen LogP contribution in [0.4, 0.5) is 8.78 Å². The molecule has 3 aromatic carbocycles. The van der Waals surface area contributed by atoms with Crippen LogP contribution in [0.5, 0.6) is 5.75 Å². The first-order chi connectivity index (χ1) is 14.5. The molecular formula is C23H20ClF2NO2S. The fraction of sp³-hybridized carbons (Fsp3) is 0.174. The maximum atomic E-state index is 13.7. The van der Waals surface area contributed by atoms with Crippen molar-refractivity contribution in [3.8, 4) is 5.75 Å². The number of benzene rings is 3. The van der Waals surface area contributed by atoms with E-state index in [0.29, 0.717) is 35.2 Å². The maximum absolute atomic E-state index is 13.7. The topological polar surface area (TPSA) is 38.3 Å². The minimum absolute atomic E-state index is 0.119. The molecule has 3 rings (SSSR count). The molecule has 0 aliphatic carbocycles. The van der Waals surface area contributed by atoms with Crippen molar-refractivity contribution in [1.82, 2.24) is 5.32 Å². The number of thioether (sulfide) groups is 1. The van der Waals surface area contributed by atoms with Crippen LogP contribution in [0.15, 0.2) is 66.7 Å². The van der Waals surface area contributed by atoms with Crippen molar-refractivity contribution >= 4 is 29.3 Å². The van der Waals surface area contributed by atoms with E-state index in [1.54, 1.807) is 24.3 Å². The van der Waals surface area contributed by atoms with Gasteiger partial charge < -0.3 is 10.1 Å². The Morgan fingerprint density at radius 2 is 1.67 bits per heavy atom. The van der Waals surface area contributed by atoms with Crippen LogP contribution in [0.2, 0.25) is 5.02 Å². The van der Waals surface area contributed by atoms with Gasteiger partial charge in [0.15, 0.2) is 0 Å². The van der Waals surface area contributed by atoms with E-state index < -0.39 is 0 Å². The number of hydrogen-bond donors (Lipinski definition) is 1. The van der Waals surface area contributed by atoms with Gasteiger partial charge in [-0.25, -0.2) is 8.78 Å². The monoisotopic (exact) mass is 447 g/mol. The number of nitrogens with one attached hydrogen (secondary N) is 1. The summed E-state index contributed by atoms with van der Waals surface area (Å²) in [7, 11) is 0. The molecule has 0 saturated heterocycles. The van der Waals surface area contributed by atoms with Gasteiger partial charge in [0.05, 0.1) is 5.75 Å². The van der Waals surface area contributed by atoms with Gasteiger partial charge in [-0.15, -0.1) is 11.8 Å². The summed E-state index contributed by atoms with van der Waals surface area (Å²) in [4.78, 5) is 12.0. The molecule has 30 heavy (non-hydrogen) atoms. The van der Waals surface area contributed by atoms with Crippen LogP contribution in [0.1, 0.15) is 16.7 Å². The second-order valence-electron chi connectivity index (χ2n) is 6.56. The van der Waals surface area contributed by atoms with Gasteiger partial charge >= 0.3 is 0 Å². The molecule has 1 N–H and O–H groups in total. The number of amides is 1.